The van der Waals surface area contributed by atoms with Gasteiger partial charge in [0.2, 0.25) is 0 Å². The van der Waals surface area contributed by atoms with Crippen molar-refractivity contribution in [3.05, 3.63) is 29.6 Å². The molecular formula is C15H15N3O6. The monoisotopic (exact) mass is 333 g/mol. The zero-order valence-corrected chi connectivity index (χ0v) is 13.0. The van der Waals surface area contributed by atoms with Crippen LogP contribution in [0.3, 0.4) is 0 Å². The van der Waals surface area contributed by atoms with E-state index in [1.165, 1.54) is 25.2 Å². The molecular weight excluding hydrogens is 318 g/mol. The number of fused-ring (bicyclic) bond motifs is 1. The fourth-order valence-corrected chi connectivity index (χ4v) is 2.52. The molecule has 1 aromatic heterocycles. The minimum Gasteiger partial charge on any atom is -0.506 e. The van der Waals surface area contributed by atoms with Gasteiger partial charge in [-0.3, -0.25) is 5.10 Å². The fraction of sp³-hybridized carbons (Fsp3) is 0.267. The quantitative estimate of drug-likeness (QED) is 0.788. The van der Waals surface area contributed by atoms with Crippen LogP contribution in [0, 0.1) is 0 Å². The molecule has 0 saturated carbocycles. The highest BCUT2D eigenvalue weighted by atomic mass is 16.5. The highest BCUT2D eigenvalue weighted by Crippen LogP contribution is 2.36. The third-order valence-electron chi connectivity index (χ3n) is 3.66. The molecule has 0 bridgehead atoms. The van der Waals surface area contributed by atoms with Crippen molar-refractivity contribution in [1.29, 1.82) is 0 Å². The Balaban J connectivity index is 2.17. The van der Waals surface area contributed by atoms with Crippen molar-refractivity contribution in [2.45, 2.75) is 0 Å². The Labute approximate surface area is 136 Å². The molecule has 0 unspecified atom stereocenters. The number of rotatable bonds is 3. The van der Waals surface area contributed by atoms with Crippen molar-refractivity contribution in [2.24, 2.45) is 0 Å². The van der Waals surface area contributed by atoms with Crippen LogP contribution in [0.5, 0.6) is 5.75 Å². The molecule has 0 radical (unpaired) electrons. The van der Waals surface area contributed by atoms with E-state index in [1.54, 1.807) is 12.3 Å². The van der Waals surface area contributed by atoms with E-state index in [2.05, 4.69) is 10.2 Å². The third-order valence-corrected chi connectivity index (χ3v) is 3.66. The summed E-state index contributed by atoms with van der Waals surface area (Å²) in [5, 5.41) is 17.7. The number of ether oxygens (including phenoxy) is 3. The maximum atomic E-state index is 12.2. The molecule has 0 aliphatic carbocycles. The van der Waals surface area contributed by atoms with Crippen molar-refractivity contribution in [3.63, 3.8) is 0 Å². The summed E-state index contributed by atoms with van der Waals surface area (Å²) >= 11 is 0. The highest BCUT2D eigenvalue weighted by molar-refractivity contribution is 6.04. The van der Waals surface area contributed by atoms with E-state index >= 15 is 0 Å². The lowest BCUT2D eigenvalue weighted by atomic mass is 10.1. The summed E-state index contributed by atoms with van der Waals surface area (Å²) in [5.41, 5.74) is 0.898. The topological polar surface area (TPSA) is 114 Å². The Hall–Kier alpha value is -3.07. The van der Waals surface area contributed by atoms with Crippen LogP contribution in [0.4, 0.5) is 5.69 Å². The second-order valence-electron chi connectivity index (χ2n) is 5.01. The lowest BCUT2D eigenvalue weighted by Gasteiger charge is -2.31. The number of carbonyl (C=O) groups excluding carboxylic acids is 2. The molecule has 1 aliphatic rings. The molecule has 0 fully saturated rings. The van der Waals surface area contributed by atoms with Gasteiger partial charge in [0.25, 0.3) is 0 Å². The number of nitrogens with one attached hydrogen (secondary N) is 1. The summed E-state index contributed by atoms with van der Waals surface area (Å²) in [6.07, 6.45) is 1.56. The number of nitrogens with zero attached hydrogens (tertiary/aromatic N) is 2. The predicted octanol–water partition coefficient (Wildman–Crippen LogP) is 0.663. The van der Waals surface area contributed by atoms with Crippen molar-refractivity contribution >= 4 is 28.5 Å². The number of H-pyrrole nitrogens is 1. The van der Waals surface area contributed by atoms with Crippen LogP contribution in [-0.4, -0.2) is 54.8 Å². The summed E-state index contributed by atoms with van der Waals surface area (Å²) < 4.78 is 14.8. The van der Waals surface area contributed by atoms with E-state index in [0.29, 0.717) is 10.9 Å². The molecule has 0 atom stereocenters. The lowest BCUT2D eigenvalue weighted by molar-refractivity contribution is -0.140. The number of aromatic amines is 1. The molecule has 0 spiro atoms. The molecule has 126 valence electrons. The van der Waals surface area contributed by atoms with Gasteiger partial charge in [0, 0.05) is 5.39 Å². The summed E-state index contributed by atoms with van der Waals surface area (Å²) in [7, 11) is 2.41. The number of hydrogen-bond donors (Lipinski definition) is 2. The van der Waals surface area contributed by atoms with Gasteiger partial charge in [-0.15, -0.1) is 0 Å². The van der Waals surface area contributed by atoms with Gasteiger partial charge in [-0.2, -0.15) is 5.10 Å². The van der Waals surface area contributed by atoms with Crippen LogP contribution in [0.2, 0.25) is 0 Å². The Morgan fingerprint density at radius 1 is 1.29 bits per heavy atom. The SMILES string of the molecule is COC(=O)C1=C(C(=O)OC)N(c2cc3[nH]ncc3cc2O)COC1. The second-order valence-corrected chi connectivity index (χ2v) is 5.01. The molecule has 2 aromatic rings. The van der Waals surface area contributed by atoms with Crippen LogP contribution < -0.4 is 4.90 Å². The Bertz CT molecular complexity index is 841. The number of phenolic OH excluding ortho intramolecular Hbond substituents is 1. The van der Waals surface area contributed by atoms with Crippen LogP contribution in [0.1, 0.15) is 0 Å². The van der Waals surface area contributed by atoms with Crippen LogP contribution >= 0.6 is 0 Å². The van der Waals surface area contributed by atoms with Crippen molar-refractivity contribution in [1.82, 2.24) is 10.2 Å². The molecule has 24 heavy (non-hydrogen) atoms. The number of benzene rings is 1. The summed E-state index contributed by atoms with van der Waals surface area (Å²) in [6.45, 7) is -0.140. The maximum Gasteiger partial charge on any atom is 0.355 e. The maximum absolute atomic E-state index is 12.2. The molecule has 1 aliphatic heterocycles. The number of esters is 2. The van der Waals surface area contributed by atoms with Crippen LogP contribution in [0.15, 0.2) is 29.6 Å². The molecule has 3 rings (SSSR count). The normalized spacial score (nSPS) is 14.8. The van der Waals surface area contributed by atoms with Gasteiger partial charge >= 0.3 is 11.9 Å². The molecule has 9 nitrogen and oxygen atoms in total. The van der Waals surface area contributed by atoms with E-state index in [-0.39, 0.29) is 36.0 Å². The van der Waals surface area contributed by atoms with E-state index < -0.39 is 11.9 Å². The standard InChI is InChI=1S/C15H15N3O6/c1-22-14(20)9-6-24-7-18(13(9)15(21)23-2)11-4-10-8(3-12(11)19)5-16-17-10/h3-5,19H,6-7H2,1-2H3,(H,16,17). The molecule has 0 saturated heterocycles. The number of hydrogen-bond acceptors (Lipinski definition) is 8. The van der Waals surface area contributed by atoms with Gasteiger partial charge < -0.3 is 24.2 Å². The van der Waals surface area contributed by atoms with Gasteiger partial charge in [0.1, 0.15) is 18.2 Å². The predicted molar refractivity (Wildman–Crippen MR) is 82.1 cm³/mol. The number of methoxy groups -OCH3 is 2. The van der Waals surface area contributed by atoms with E-state index in [0.717, 1.165) is 0 Å². The van der Waals surface area contributed by atoms with Crippen molar-refractivity contribution < 1.29 is 28.9 Å². The average Bonchev–Trinajstić information content (AvgIpc) is 3.06. The van der Waals surface area contributed by atoms with E-state index in [4.69, 9.17) is 14.2 Å². The van der Waals surface area contributed by atoms with Crippen LogP contribution in [-0.2, 0) is 23.8 Å². The molecule has 2 heterocycles. The molecule has 0 amide bonds. The number of carbonyl (C=O) groups is 2. The van der Waals surface area contributed by atoms with Gasteiger partial charge in [-0.25, -0.2) is 9.59 Å². The number of anilines is 1. The first-order valence-corrected chi connectivity index (χ1v) is 6.98. The Kier molecular flexibility index (Phi) is 4.09. The zero-order valence-electron chi connectivity index (χ0n) is 13.0. The number of aromatic hydroxyl groups is 1. The average molecular weight is 333 g/mol. The smallest absolute Gasteiger partial charge is 0.355 e. The second kappa shape index (κ2) is 6.20. The summed E-state index contributed by atoms with van der Waals surface area (Å²) in [6, 6.07) is 3.10. The van der Waals surface area contributed by atoms with Gasteiger partial charge in [-0.1, -0.05) is 0 Å². The zero-order chi connectivity index (χ0) is 17.3. The van der Waals surface area contributed by atoms with Crippen LogP contribution in [0.25, 0.3) is 10.9 Å². The summed E-state index contributed by atoms with van der Waals surface area (Å²) in [4.78, 5) is 25.5. The Morgan fingerprint density at radius 2 is 2.04 bits per heavy atom. The molecule has 2 N–H and O–H groups in total. The first-order chi connectivity index (χ1) is 11.6. The third kappa shape index (κ3) is 2.54. The van der Waals surface area contributed by atoms with E-state index in [9.17, 15) is 14.7 Å². The van der Waals surface area contributed by atoms with Gasteiger partial charge in [-0.05, 0) is 12.1 Å². The Morgan fingerprint density at radius 3 is 2.75 bits per heavy atom. The van der Waals surface area contributed by atoms with Crippen molar-refractivity contribution in [2.75, 3.05) is 32.5 Å². The van der Waals surface area contributed by atoms with Crippen molar-refractivity contribution in [3.8, 4) is 5.75 Å². The fourth-order valence-electron chi connectivity index (χ4n) is 2.52. The largest absolute Gasteiger partial charge is 0.506 e. The van der Waals surface area contributed by atoms with E-state index in [1.807, 2.05) is 0 Å². The number of phenols is 1. The lowest BCUT2D eigenvalue weighted by Crippen LogP contribution is -2.38. The highest BCUT2D eigenvalue weighted by Gasteiger charge is 2.33. The minimum absolute atomic E-state index is 0.0136. The number of aromatic nitrogens is 2. The minimum atomic E-state index is -0.734. The molecule has 1 aromatic carbocycles. The first kappa shape index (κ1) is 15.8. The molecule has 9 heteroatoms. The van der Waals surface area contributed by atoms with Gasteiger partial charge in [0.15, 0.2) is 0 Å². The van der Waals surface area contributed by atoms with Gasteiger partial charge in [0.05, 0.1) is 43.8 Å². The first-order valence-electron chi connectivity index (χ1n) is 6.98. The summed E-state index contributed by atoms with van der Waals surface area (Å²) in [5.74, 6) is -1.54.